The van der Waals surface area contributed by atoms with E-state index in [-0.39, 0.29) is 18.2 Å². The summed E-state index contributed by atoms with van der Waals surface area (Å²) in [5.41, 5.74) is 0.631. The average molecular weight is 311 g/mol. The van der Waals surface area contributed by atoms with Gasteiger partial charge in [0.15, 0.2) is 5.78 Å². The Hall–Kier alpha value is -0.280. The molecular formula is C13H18Cl3NO. The molecule has 1 aromatic rings. The van der Waals surface area contributed by atoms with Gasteiger partial charge in [-0.3, -0.25) is 4.79 Å². The molecule has 0 unspecified atom stereocenters. The number of benzene rings is 1. The number of halogens is 3. The van der Waals surface area contributed by atoms with E-state index in [2.05, 4.69) is 18.7 Å². The van der Waals surface area contributed by atoms with Crippen LogP contribution in [0.1, 0.15) is 30.6 Å². The molecule has 0 saturated heterocycles. The fourth-order valence-electron chi connectivity index (χ4n) is 1.61. The minimum atomic E-state index is 0. The largest absolute Gasteiger partial charge is 0.303 e. The first-order chi connectivity index (χ1) is 8.08. The van der Waals surface area contributed by atoms with Crippen LogP contribution in [0.15, 0.2) is 18.2 Å². The molecule has 5 heteroatoms. The smallest absolute Gasteiger partial charge is 0.164 e. The van der Waals surface area contributed by atoms with Crippen LogP contribution in [0.3, 0.4) is 0 Å². The van der Waals surface area contributed by atoms with Crippen LogP contribution in [0.2, 0.25) is 10.0 Å². The molecule has 0 bridgehead atoms. The third-order valence-electron chi connectivity index (χ3n) is 2.79. The molecule has 0 saturated carbocycles. The van der Waals surface area contributed by atoms with Gasteiger partial charge in [0, 0.05) is 18.5 Å². The Labute approximate surface area is 125 Å². The van der Waals surface area contributed by atoms with Crippen molar-refractivity contribution in [3.8, 4) is 0 Å². The highest BCUT2D eigenvalue weighted by Crippen LogP contribution is 2.23. The summed E-state index contributed by atoms with van der Waals surface area (Å²) >= 11 is 11.7. The molecule has 1 aromatic carbocycles. The van der Waals surface area contributed by atoms with Gasteiger partial charge in [-0.2, -0.15) is 0 Å². The average Bonchev–Trinajstić information content (AvgIpc) is 2.33. The van der Waals surface area contributed by atoms with Gasteiger partial charge < -0.3 is 4.90 Å². The van der Waals surface area contributed by atoms with E-state index in [1.54, 1.807) is 18.2 Å². The molecule has 0 aliphatic heterocycles. The number of ketones is 1. The van der Waals surface area contributed by atoms with Gasteiger partial charge in [0.1, 0.15) is 0 Å². The number of hydrogen-bond acceptors (Lipinski definition) is 2. The lowest BCUT2D eigenvalue weighted by atomic mass is 10.1. The van der Waals surface area contributed by atoms with Crippen molar-refractivity contribution >= 4 is 41.4 Å². The molecule has 0 aliphatic carbocycles. The number of carbonyl (C=O) groups excluding carboxylic acids is 1. The normalized spacial score (nSPS) is 10.3. The van der Waals surface area contributed by atoms with Crippen molar-refractivity contribution < 1.29 is 4.79 Å². The van der Waals surface area contributed by atoms with E-state index in [1.807, 2.05) is 0 Å². The zero-order valence-corrected chi connectivity index (χ0v) is 12.9. The fraction of sp³-hybridized carbons (Fsp3) is 0.462. The minimum absolute atomic E-state index is 0. The zero-order valence-electron chi connectivity index (χ0n) is 10.6. The van der Waals surface area contributed by atoms with Gasteiger partial charge >= 0.3 is 0 Å². The first-order valence-corrected chi connectivity index (χ1v) is 6.54. The molecule has 0 spiro atoms. The van der Waals surface area contributed by atoms with Gasteiger partial charge in [-0.05, 0) is 31.3 Å². The van der Waals surface area contributed by atoms with Gasteiger partial charge in [-0.25, -0.2) is 0 Å². The van der Waals surface area contributed by atoms with Crippen LogP contribution in [0, 0.1) is 0 Å². The van der Waals surface area contributed by atoms with E-state index in [4.69, 9.17) is 23.2 Å². The van der Waals surface area contributed by atoms with Crippen molar-refractivity contribution in [1.29, 1.82) is 0 Å². The second-order valence-electron chi connectivity index (χ2n) is 3.83. The molecule has 0 radical (unpaired) electrons. The number of hydrogen-bond donors (Lipinski definition) is 0. The van der Waals surface area contributed by atoms with Crippen molar-refractivity contribution in [3.63, 3.8) is 0 Å². The maximum absolute atomic E-state index is 11.9. The van der Waals surface area contributed by atoms with Crippen LogP contribution < -0.4 is 0 Å². The summed E-state index contributed by atoms with van der Waals surface area (Å²) in [6.45, 7) is 6.89. The van der Waals surface area contributed by atoms with E-state index in [0.717, 1.165) is 19.6 Å². The Balaban J connectivity index is 0.00000289. The number of nitrogens with zero attached hydrogens (tertiary/aromatic N) is 1. The predicted molar refractivity (Wildman–Crippen MR) is 80.4 cm³/mol. The summed E-state index contributed by atoms with van der Waals surface area (Å²) in [6, 6.07) is 5.02. The van der Waals surface area contributed by atoms with Crippen LogP contribution in [0.5, 0.6) is 0 Å². The second-order valence-corrected chi connectivity index (χ2v) is 4.64. The monoisotopic (exact) mass is 309 g/mol. The third-order valence-corrected chi connectivity index (χ3v) is 3.53. The summed E-state index contributed by atoms with van der Waals surface area (Å²) in [4.78, 5) is 14.1. The highest BCUT2D eigenvalue weighted by molar-refractivity contribution is 6.42. The highest BCUT2D eigenvalue weighted by Gasteiger charge is 2.09. The van der Waals surface area contributed by atoms with Gasteiger partial charge in [-0.15, -0.1) is 12.4 Å². The van der Waals surface area contributed by atoms with Crippen molar-refractivity contribution in [1.82, 2.24) is 4.90 Å². The lowest BCUT2D eigenvalue weighted by Gasteiger charge is -2.17. The van der Waals surface area contributed by atoms with Crippen molar-refractivity contribution in [2.24, 2.45) is 0 Å². The van der Waals surface area contributed by atoms with Gasteiger partial charge in [-0.1, -0.05) is 37.0 Å². The Morgan fingerprint density at radius 3 is 2.28 bits per heavy atom. The minimum Gasteiger partial charge on any atom is -0.303 e. The van der Waals surface area contributed by atoms with Gasteiger partial charge in [0.25, 0.3) is 0 Å². The van der Waals surface area contributed by atoms with Crippen LogP contribution >= 0.6 is 35.6 Å². The molecule has 0 heterocycles. The summed E-state index contributed by atoms with van der Waals surface area (Å²) in [7, 11) is 0. The van der Waals surface area contributed by atoms with E-state index in [9.17, 15) is 4.79 Å². The second kappa shape index (κ2) is 8.76. The van der Waals surface area contributed by atoms with E-state index < -0.39 is 0 Å². The molecule has 0 N–H and O–H groups in total. The molecule has 0 aromatic heterocycles. The standard InChI is InChI=1S/C13H17Cl2NO.ClH/c1-3-16(4-2)8-7-13(17)10-5-6-11(14)12(15)9-10;/h5-6,9H,3-4,7-8H2,1-2H3;1H. The van der Waals surface area contributed by atoms with Crippen molar-refractivity contribution in [2.75, 3.05) is 19.6 Å². The van der Waals surface area contributed by atoms with E-state index in [0.29, 0.717) is 22.0 Å². The van der Waals surface area contributed by atoms with Crippen molar-refractivity contribution in [2.45, 2.75) is 20.3 Å². The molecular weight excluding hydrogens is 293 g/mol. The predicted octanol–water partition coefficient (Wildman–Crippen LogP) is 4.33. The Morgan fingerprint density at radius 2 is 1.78 bits per heavy atom. The number of rotatable bonds is 6. The van der Waals surface area contributed by atoms with Crippen LogP contribution in [-0.4, -0.2) is 30.3 Å². The molecule has 1 rings (SSSR count). The van der Waals surface area contributed by atoms with Crippen LogP contribution in [0.25, 0.3) is 0 Å². The molecule has 0 fully saturated rings. The summed E-state index contributed by atoms with van der Waals surface area (Å²) in [6.07, 6.45) is 0.514. The highest BCUT2D eigenvalue weighted by atomic mass is 35.5. The van der Waals surface area contributed by atoms with E-state index >= 15 is 0 Å². The summed E-state index contributed by atoms with van der Waals surface area (Å²) in [5.74, 6) is 0.107. The number of carbonyl (C=O) groups is 1. The first-order valence-electron chi connectivity index (χ1n) is 5.79. The van der Waals surface area contributed by atoms with Crippen molar-refractivity contribution in [3.05, 3.63) is 33.8 Å². The SMILES string of the molecule is CCN(CC)CCC(=O)c1ccc(Cl)c(Cl)c1.Cl. The Kier molecular flexibility index (Phi) is 8.62. The maximum atomic E-state index is 11.9. The number of Topliss-reactive ketones (excluding diaryl/α,β-unsaturated/α-hetero) is 1. The lowest BCUT2D eigenvalue weighted by molar-refractivity contribution is 0.0966. The fourth-order valence-corrected chi connectivity index (χ4v) is 1.91. The van der Waals surface area contributed by atoms with E-state index in [1.165, 1.54) is 0 Å². The summed E-state index contributed by atoms with van der Waals surface area (Å²) in [5, 5.41) is 0.910. The molecule has 2 nitrogen and oxygen atoms in total. The Morgan fingerprint density at radius 1 is 1.17 bits per heavy atom. The van der Waals surface area contributed by atoms with Gasteiger partial charge in [0.05, 0.1) is 10.0 Å². The molecule has 18 heavy (non-hydrogen) atoms. The lowest BCUT2D eigenvalue weighted by Crippen LogP contribution is -2.25. The van der Waals surface area contributed by atoms with Crippen LogP contribution in [0.4, 0.5) is 0 Å². The quantitative estimate of drug-likeness (QED) is 0.729. The topological polar surface area (TPSA) is 20.3 Å². The molecule has 102 valence electrons. The van der Waals surface area contributed by atoms with Crippen LogP contribution in [-0.2, 0) is 0 Å². The third kappa shape index (κ3) is 5.15. The maximum Gasteiger partial charge on any atom is 0.164 e. The zero-order chi connectivity index (χ0) is 12.8. The molecule has 0 aliphatic rings. The van der Waals surface area contributed by atoms with Gasteiger partial charge in [0.2, 0.25) is 0 Å². The Bertz CT molecular complexity index is 392. The first kappa shape index (κ1) is 17.7. The molecule has 0 amide bonds. The molecule has 0 atom stereocenters. The summed E-state index contributed by atoms with van der Waals surface area (Å²) < 4.78 is 0.